The Morgan fingerprint density at radius 1 is 1.29 bits per heavy atom. The average Bonchev–Trinajstić information content (AvgIpc) is 2.48. The highest BCUT2D eigenvalue weighted by Gasteiger charge is 2.30. The standard InChI is InChI=1S/C18H28FNO/c1-5-20-18(14-7-6-12(2)13(3)10-14)15-8-9-16(19)17(11-15)21-4/h8-9,11-14,18,20H,5-7,10H2,1-4H3. The molecule has 0 aromatic heterocycles. The zero-order valence-electron chi connectivity index (χ0n) is 13.7. The van der Waals surface area contributed by atoms with Gasteiger partial charge in [-0.15, -0.1) is 0 Å². The Hall–Kier alpha value is -1.09. The molecule has 3 heteroatoms. The van der Waals surface area contributed by atoms with Crippen molar-refractivity contribution in [1.82, 2.24) is 5.32 Å². The number of nitrogens with one attached hydrogen (secondary N) is 1. The number of benzene rings is 1. The van der Waals surface area contributed by atoms with Crippen molar-refractivity contribution in [3.63, 3.8) is 0 Å². The Bertz CT molecular complexity index is 463. The van der Waals surface area contributed by atoms with Gasteiger partial charge in [0.05, 0.1) is 7.11 Å². The van der Waals surface area contributed by atoms with Gasteiger partial charge in [0, 0.05) is 6.04 Å². The Morgan fingerprint density at radius 2 is 2.05 bits per heavy atom. The van der Waals surface area contributed by atoms with Crippen LogP contribution in [0, 0.1) is 23.6 Å². The fraction of sp³-hybridized carbons (Fsp3) is 0.667. The van der Waals surface area contributed by atoms with Crippen molar-refractivity contribution in [3.05, 3.63) is 29.6 Å². The van der Waals surface area contributed by atoms with Crippen LogP contribution in [0.25, 0.3) is 0 Å². The van der Waals surface area contributed by atoms with Crippen LogP contribution in [0.4, 0.5) is 4.39 Å². The first kappa shape index (κ1) is 16.3. The summed E-state index contributed by atoms with van der Waals surface area (Å²) in [4.78, 5) is 0. The topological polar surface area (TPSA) is 21.3 Å². The quantitative estimate of drug-likeness (QED) is 0.859. The summed E-state index contributed by atoms with van der Waals surface area (Å²) in [7, 11) is 1.52. The van der Waals surface area contributed by atoms with Gasteiger partial charge in [0.2, 0.25) is 0 Å². The summed E-state index contributed by atoms with van der Waals surface area (Å²) in [6, 6.07) is 5.56. The minimum absolute atomic E-state index is 0.290. The summed E-state index contributed by atoms with van der Waals surface area (Å²) >= 11 is 0. The van der Waals surface area contributed by atoms with Gasteiger partial charge in [0.1, 0.15) is 0 Å². The van der Waals surface area contributed by atoms with Gasteiger partial charge in [-0.25, -0.2) is 4.39 Å². The Kier molecular flexibility index (Phi) is 5.63. The number of methoxy groups -OCH3 is 1. The second-order valence-electron chi connectivity index (χ2n) is 6.46. The van der Waals surface area contributed by atoms with Gasteiger partial charge in [0.15, 0.2) is 11.6 Å². The van der Waals surface area contributed by atoms with E-state index in [1.165, 1.54) is 32.4 Å². The molecular weight excluding hydrogens is 265 g/mol. The highest BCUT2D eigenvalue weighted by molar-refractivity contribution is 5.32. The number of hydrogen-bond donors (Lipinski definition) is 1. The molecule has 1 aliphatic carbocycles. The van der Waals surface area contributed by atoms with Crippen LogP contribution in [0.2, 0.25) is 0 Å². The fourth-order valence-electron chi connectivity index (χ4n) is 3.54. The number of ether oxygens (including phenoxy) is 1. The Morgan fingerprint density at radius 3 is 2.67 bits per heavy atom. The second-order valence-corrected chi connectivity index (χ2v) is 6.46. The maximum Gasteiger partial charge on any atom is 0.165 e. The second kappa shape index (κ2) is 7.26. The lowest BCUT2D eigenvalue weighted by molar-refractivity contribution is 0.172. The van der Waals surface area contributed by atoms with Crippen LogP contribution in [-0.2, 0) is 0 Å². The molecule has 118 valence electrons. The smallest absolute Gasteiger partial charge is 0.165 e. The summed E-state index contributed by atoms with van der Waals surface area (Å²) in [5.74, 6) is 2.24. The molecule has 1 N–H and O–H groups in total. The molecule has 1 aromatic carbocycles. The first-order valence-corrected chi connectivity index (χ1v) is 8.13. The molecule has 1 fully saturated rings. The van der Waals surface area contributed by atoms with Crippen LogP contribution in [-0.4, -0.2) is 13.7 Å². The molecule has 4 unspecified atom stereocenters. The SMILES string of the molecule is CCNC(c1ccc(F)c(OC)c1)C1CCC(C)C(C)C1. The van der Waals surface area contributed by atoms with E-state index < -0.39 is 0 Å². The van der Waals surface area contributed by atoms with Gasteiger partial charge in [-0.3, -0.25) is 0 Å². The van der Waals surface area contributed by atoms with Crippen LogP contribution < -0.4 is 10.1 Å². The highest BCUT2D eigenvalue weighted by atomic mass is 19.1. The van der Waals surface area contributed by atoms with Crippen LogP contribution >= 0.6 is 0 Å². The molecule has 21 heavy (non-hydrogen) atoms. The van der Waals surface area contributed by atoms with Crippen molar-refractivity contribution in [2.45, 2.75) is 46.1 Å². The van der Waals surface area contributed by atoms with Gasteiger partial charge < -0.3 is 10.1 Å². The van der Waals surface area contributed by atoms with E-state index in [1.807, 2.05) is 12.1 Å². The van der Waals surface area contributed by atoms with E-state index in [9.17, 15) is 4.39 Å². The fourth-order valence-corrected chi connectivity index (χ4v) is 3.54. The Labute approximate surface area is 128 Å². The molecule has 0 heterocycles. The minimum atomic E-state index is -0.290. The monoisotopic (exact) mass is 293 g/mol. The third-order valence-electron chi connectivity index (χ3n) is 5.07. The van der Waals surface area contributed by atoms with E-state index in [0.29, 0.717) is 17.7 Å². The largest absolute Gasteiger partial charge is 0.494 e. The lowest BCUT2D eigenvalue weighted by atomic mass is 9.72. The van der Waals surface area contributed by atoms with Crippen LogP contribution in [0.3, 0.4) is 0 Å². The number of halogens is 1. The third kappa shape index (κ3) is 3.76. The molecule has 0 spiro atoms. The zero-order chi connectivity index (χ0) is 15.4. The van der Waals surface area contributed by atoms with Gasteiger partial charge in [-0.05, 0) is 54.8 Å². The molecule has 0 aliphatic heterocycles. The molecular formula is C18H28FNO. The number of hydrogen-bond acceptors (Lipinski definition) is 2. The molecule has 2 rings (SSSR count). The average molecular weight is 293 g/mol. The van der Waals surface area contributed by atoms with E-state index in [0.717, 1.165) is 23.9 Å². The summed E-state index contributed by atoms with van der Waals surface area (Å²) < 4.78 is 18.8. The summed E-state index contributed by atoms with van der Waals surface area (Å²) in [5.41, 5.74) is 1.14. The predicted molar refractivity (Wildman–Crippen MR) is 85.0 cm³/mol. The summed E-state index contributed by atoms with van der Waals surface area (Å²) in [5, 5.41) is 3.60. The van der Waals surface area contributed by atoms with Gasteiger partial charge >= 0.3 is 0 Å². The van der Waals surface area contributed by atoms with E-state index in [1.54, 1.807) is 0 Å². The van der Waals surface area contributed by atoms with Gasteiger partial charge in [-0.1, -0.05) is 33.3 Å². The minimum Gasteiger partial charge on any atom is -0.494 e. The van der Waals surface area contributed by atoms with E-state index in [-0.39, 0.29) is 5.82 Å². The maximum absolute atomic E-state index is 13.6. The van der Waals surface area contributed by atoms with Crippen molar-refractivity contribution in [1.29, 1.82) is 0 Å². The molecule has 1 aliphatic rings. The van der Waals surface area contributed by atoms with E-state index >= 15 is 0 Å². The summed E-state index contributed by atoms with van der Waals surface area (Å²) in [6.07, 6.45) is 3.76. The van der Waals surface area contributed by atoms with Crippen molar-refractivity contribution >= 4 is 0 Å². The van der Waals surface area contributed by atoms with Crippen molar-refractivity contribution in [3.8, 4) is 5.75 Å². The van der Waals surface area contributed by atoms with Crippen LogP contribution in [0.1, 0.15) is 51.6 Å². The zero-order valence-corrected chi connectivity index (χ0v) is 13.7. The lowest BCUT2D eigenvalue weighted by Gasteiger charge is -2.37. The molecule has 1 saturated carbocycles. The first-order chi connectivity index (χ1) is 10.1. The van der Waals surface area contributed by atoms with Crippen LogP contribution in [0.15, 0.2) is 18.2 Å². The Balaban J connectivity index is 2.22. The number of rotatable bonds is 5. The molecule has 2 nitrogen and oxygen atoms in total. The maximum atomic E-state index is 13.6. The van der Waals surface area contributed by atoms with Crippen molar-refractivity contribution < 1.29 is 9.13 Å². The molecule has 4 atom stereocenters. The molecule has 1 aromatic rings. The molecule has 0 bridgehead atoms. The van der Waals surface area contributed by atoms with Gasteiger partial charge in [0.25, 0.3) is 0 Å². The third-order valence-corrected chi connectivity index (χ3v) is 5.07. The predicted octanol–water partition coefficient (Wildman–Crippen LogP) is 4.56. The molecule has 0 amide bonds. The first-order valence-electron chi connectivity index (χ1n) is 8.13. The molecule has 0 radical (unpaired) electrons. The van der Waals surface area contributed by atoms with E-state index in [2.05, 4.69) is 26.1 Å². The molecule has 0 saturated heterocycles. The summed E-state index contributed by atoms with van der Waals surface area (Å²) in [6.45, 7) is 7.75. The highest BCUT2D eigenvalue weighted by Crippen LogP contribution is 2.40. The normalized spacial score (nSPS) is 27.4. The van der Waals surface area contributed by atoms with Crippen LogP contribution in [0.5, 0.6) is 5.75 Å². The van der Waals surface area contributed by atoms with Gasteiger partial charge in [-0.2, -0.15) is 0 Å². The van der Waals surface area contributed by atoms with Crippen molar-refractivity contribution in [2.24, 2.45) is 17.8 Å². The van der Waals surface area contributed by atoms with Crippen molar-refractivity contribution in [2.75, 3.05) is 13.7 Å². The van der Waals surface area contributed by atoms with E-state index in [4.69, 9.17) is 4.74 Å². The lowest BCUT2D eigenvalue weighted by Crippen LogP contribution is -2.33.